The maximum atomic E-state index is 13.5. The van der Waals surface area contributed by atoms with Crippen molar-refractivity contribution >= 4 is 17.1 Å². The molecule has 1 unspecified atom stereocenters. The number of nitrogens with zero attached hydrogens (tertiary/aromatic N) is 2. The summed E-state index contributed by atoms with van der Waals surface area (Å²) in [6, 6.07) is 5.82. The zero-order chi connectivity index (χ0) is 20.5. The smallest absolute Gasteiger partial charge is 0.173 e. The second kappa shape index (κ2) is 8.16. The number of thiophene rings is 1. The summed E-state index contributed by atoms with van der Waals surface area (Å²) >= 11 is 1.55. The van der Waals surface area contributed by atoms with E-state index in [1.807, 2.05) is 23.9 Å². The molecule has 0 fully saturated rings. The van der Waals surface area contributed by atoms with E-state index in [1.54, 1.807) is 17.4 Å². The van der Waals surface area contributed by atoms with Crippen molar-refractivity contribution in [1.29, 1.82) is 0 Å². The topological polar surface area (TPSA) is 60.9 Å². The third kappa shape index (κ3) is 4.02. The number of Topliss-reactive ketones (excluding diaryl/α,β-unsaturated/α-hetero) is 1. The van der Waals surface area contributed by atoms with Crippen LogP contribution in [0.25, 0.3) is 11.3 Å². The number of nitrogens with two attached hydrogens (primary N) is 1. The SMILES string of the molecule is Cc1cnn2c1-c1cc(C(=O)CC(CN)Cc3ccc(F)c(F)c3)sc1CCC2. The first-order valence-corrected chi connectivity index (χ1v) is 10.6. The Hall–Kier alpha value is -2.38. The fourth-order valence-electron chi connectivity index (χ4n) is 3.94. The average Bonchev–Trinajstić information content (AvgIpc) is 3.23. The fourth-order valence-corrected chi connectivity index (χ4v) is 5.09. The van der Waals surface area contributed by atoms with E-state index in [4.69, 9.17) is 5.73 Å². The summed E-state index contributed by atoms with van der Waals surface area (Å²) in [7, 11) is 0. The molecule has 0 bridgehead atoms. The molecule has 2 aromatic heterocycles. The zero-order valence-electron chi connectivity index (χ0n) is 16.3. The van der Waals surface area contributed by atoms with Crippen LogP contribution >= 0.6 is 11.3 Å². The fraction of sp³-hybridized carbons (Fsp3) is 0.364. The van der Waals surface area contributed by atoms with Gasteiger partial charge in [-0.15, -0.1) is 11.3 Å². The first kappa shape index (κ1) is 19.9. The van der Waals surface area contributed by atoms with Gasteiger partial charge in [-0.25, -0.2) is 8.78 Å². The lowest BCUT2D eigenvalue weighted by molar-refractivity contribution is 0.0966. The van der Waals surface area contributed by atoms with Gasteiger partial charge < -0.3 is 5.73 Å². The van der Waals surface area contributed by atoms with Gasteiger partial charge in [0, 0.05) is 23.4 Å². The molecule has 3 heterocycles. The summed E-state index contributed by atoms with van der Waals surface area (Å²) in [5, 5.41) is 4.45. The van der Waals surface area contributed by atoms with Gasteiger partial charge >= 0.3 is 0 Å². The van der Waals surface area contributed by atoms with Gasteiger partial charge in [0.25, 0.3) is 0 Å². The molecule has 0 radical (unpaired) electrons. The molecule has 4 nitrogen and oxygen atoms in total. The highest BCUT2D eigenvalue weighted by atomic mass is 32.1. The van der Waals surface area contributed by atoms with Crippen molar-refractivity contribution < 1.29 is 13.6 Å². The van der Waals surface area contributed by atoms with Crippen molar-refractivity contribution in [3.05, 3.63) is 63.0 Å². The van der Waals surface area contributed by atoms with Crippen molar-refractivity contribution in [2.45, 2.75) is 39.2 Å². The Kier molecular flexibility index (Phi) is 5.61. The van der Waals surface area contributed by atoms with E-state index in [9.17, 15) is 13.6 Å². The minimum absolute atomic E-state index is 0.0461. The summed E-state index contributed by atoms with van der Waals surface area (Å²) in [6.45, 7) is 3.23. The molecular weight excluding hydrogens is 392 g/mol. The van der Waals surface area contributed by atoms with E-state index < -0.39 is 11.6 Å². The summed E-state index contributed by atoms with van der Waals surface area (Å²) in [5.74, 6) is -1.83. The van der Waals surface area contributed by atoms with Crippen molar-refractivity contribution in [2.75, 3.05) is 6.54 Å². The maximum Gasteiger partial charge on any atom is 0.173 e. The van der Waals surface area contributed by atoms with Crippen molar-refractivity contribution in [1.82, 2.24) is 9.78 Å². The number of aromatic nitrogens is 2. The van der Waals surface area contributed by atoms with Crippen LogP contribution in [-0.4, -0.2) is 22.1 Å². The number of fused-ring (bicyclic) bond motifs is 3. The molecule has 7 heteroatoms. The summed E-state index contributed by atoms with van der Waals surface area (Å²) in [5.41, 5.74) is 9.84. The molecule has 0 saturated heterocycles. The largest absolute Gasteiger partial charge is 0.330 e. The van der Waals surface area contributed by atoms with Gasteiger partial charge in [0.1, 0.15) is 0 Å². The van der Waals surface area contributed by atoms with E-state index >= 15 is 0 Å². The Bertz CT molecular complexity index is 1060. The van der Waals surface area contributed by atoms with Crippen LogP contribution in [0.3, 0.4) is 0 Å². The number of rotatable bonds is 6. The van der Waals surface area contributed by atoms with Crippen LogP contribution < -0.4 is 5.73 Å². The number of hydrogen-bond donors (Lipinski definition) is 1. The molecule has 2 N–H and O–H groups in total. The van der Waals surface area contributed by atoms with E-state index in [2.05, 4.69) is 5.10 Å². The number of carbonyl (C=O) groups excluding carboxylic acids is 1. The number of hydrogen-bond acceptors (Lipinski definition) is 4. The number of ketones is 1. The Morgan fingerprint density at radius 2 is 2.14 bits per heavy atom. The van der Waals surface area contributed by atoms with Gasteiger partial charge in [0.15, 0.2) is 17.4 Å². The highest BCUT2D eigenvalue weighted by molar-refractivity contribution is 7.14. The Morgan fingerprint density at radius 3 is 2.90 bits per heavy atom. The molecule has 29 heavy (non-hydrogen) atoms. The summed E-state index contributed by atoms with van der Waals surface area (Å²) < 4.78 is 28.6. The number of halogens is 2. The first-order chi connectivity index (χ1) is 14.0. The number of carbonyl (C=O) groups is 1. The van der Waals surface area contributed by atoms with Gasteiger partial charge in [-0.3, -0.25) is 9.48 Å². The Morgan fingerprint density at radius 1 is 1.31 bits per heavy atom. The molecule has 0 amide bonds. The molecule has 0 aliphatic carbocycles. The number of benzene rings is 1. The van der Waals surface area contributed by atoms with Crippen molar-refractivity contribution in [3.63, 3.8) is 0 Å². The van der Waals surface area contributed by atoms with E-state index in [-0.39, 0.29) is 18.1 Å². The minimum atomic E-state index is -0.876. The van der Waals surface area contributed by atoms with Gasteiger partial charge in [0.05, 0.1) is 16.8 Å². The van der Waals surface area contributed by atoms with Gasteiger partial charge in [0.2, 0.25) is 0 Å². The van der Waals surface area contributed by atoms with E-state index in [0.717, 1.165) is 47.2 Å². The lowest BCUT2D eigenvalue weighted by Crippen LogP contribution is -2.20. The highest BCUT2D eigenvalue weighted by Gasteiger charge is 2.24. The van der Waals surface area contributed by atoms with Gasteiger partial charge in [-0.1, -0.05) is 6.07 Å². The van der Waals surface area contributed by atoms with Gasteiger partial charge in [-0.2, -0.15) is 5.10 Å². The van der Waals surface area contributed by atoms with Crippen LogP contribution in [0.1, 0.15) is 38.5 Å². The van der Waals surface area contributed by atoms with Crippen LogP contribution in [0, 0.1) is 24.5 Å². The molecule has 1 atom stereocenters. The Labute approximate surface area is 172 Å². The van der Waals surface area contributed by atoms with Crippen LogP contribution in [-0.2, 0) is 19.4 Å². The van der Waals surface area contributed by atoms with E-state index in [1.165, 1.54) is 10.9 Å². The summed E-state index contributed by atoms with van der Waals surface area (Å²) in [6.07, 6.45) is 4.53. The Balaban J connectivity index is 1.53. The van der Waals surface area contributed by atoms with Crippen LogP contribution in [0.15, 0.2) is 30.5 Å². The zero-order valence-corrected chi connectivity index (χ0v) is 17.1. The van der Waals surface area contributed by atoms with Gasteiger partial charge in [-0.05, 0) is 68.0 Å². The molecule has 3 aromatic rings. The van der Waals surface area contributed by atoms with Crippen LogP contribution in [0.2, 0.25) is 0 Å². The maximum absolute atomic E-state index is 13.5. The monoisotopic (exact) mass is 415 g/mol. The van der Waals surface area contributed by atoms with Crippen molar-refractivity contribution in [2.24, 2.45) is 11.7 Å². The average molecular weight is 416 g/mol. The lowest BCUT2D eigenvalue weighted by atomic mass is 9.93. The molecule has 4 rings (SSSR count). The van der Waals surface area contributed by atoms with Crippen molar-refractivity contribution in [3.8, 4) is 11.3 Å². The standard InChI is InChI=1S/C22H23F2N3OS/c1-13-12-26-27-6-2-3-20-16(22(13)27)10-21(29-20)19(28)9-15(11-25)7-14-4-5-17(23)18(24)8-14/h4-5,8,10,12,15H,2-3,6-7,9,11,25H2,1H3. The second-order valence-corrected chi connectivity index (χ2v) is 8.77. The first-order valence-electron chi connectivity index (χ1n) is 9.79. The summed E-state index contributed by atoms with van der Waals surface area (Å²) in [4.78, 5) is 14.9. The molecule has 1 aliphatic rings. The third-order valence-corrected chi connectivity index (χ3v) is 6.69. The molecular formula is C22H23F2N3OS. The molecule has 1 aliphatic heterocycles. The number of aryl methyl sites for hydroxylation is 3. The molecule has 0 spiro atoms. The predicted octanol–water partition coefficient (Wildman–Crippen LogP) is 4.53. The third-order valence-electron chi connectivity index (χ3n) is 5.45. The predicted molar refractivity (Wildman–Crippen MR) is 110 cm³/mol. The second-order valence-electron chi connectivity index (χ2n) is 7.63. The van der Waals surface area contributed by atoms with Crippen LogP contribution in [0.5, 0.6) is 0 Å². The normalized spacial score (nSPS) is 14.2. The minimum Gasteiger partial charge on any atom is -0.330 e. The molecule has 152 valence electrons. The molecule has 1 aromatic carbocycles. The van der Waals surface area contributed by atoms with E-state index in [0.29, 0.717) is 18.5 Å². The van der Waals surface area contributed by atoms with Crippen LogP contribution in [0.4, 0.5) is 8.78 Å². The molecule has 0 saturated carbocycles. The highest BCUT2D eigenvalue weighted by Crippen LogP contribution is 2.37. The lowest BCUT2D eigenvalue weighted by Gasteiger charge is -2.13. The quantitative estimate of drug-likeness (QED) is 0.602.